The molecule has 0 spiro atoms. The molecule has 0 radical (unpaired) electrons. The van der Waals surface area contributed by atoms with Crippen molar-refractivity contribution >= 4 is 0 Å². The maximum absolute atomic E-state index is 12.4. The summed E-state index contributed by atoms with van der Waals surface area (Å²) in [4.78, 5) is 0. The third-order valence-corrected chi connectivity index (χ3v) is 6.52. The monoisotopic (exact) mass is 396 g/mol. The van der Waals surface area contributed by atoms with E-state index in [4.69, 9.17) is 0 Å². The Morgan fingerprint density at radius 2 is 1.66 bits per heavy atom. The first-order chi connectivity index (χ1) is 14.1. The Labute approximate surface area is 172 Å². The van der Waals surface area contributed by atoms with Crippen molar-refractivity contribution in [3.05, 3.63) is 76.4 Å². The molecular formula is C26H30F2O. The van der Waals surface area contributed by atoms with E-state index in [0.29, 0.717) is 11.8 Å². The number of fused-ring (bicyclic) bond motifs is 3. The number of allylic oxidation sites excluding steroid dienone is 2. The van der Waals surface area contributed by atoms with Crippen LogP contribution >= 0.6 is 0 Å². The summed E-state index contributed by atoms with van der Waals surface area (Å²) >= 11 is 0. The van der Waals surface area contributed by atoms with Gasteiger partial charge in [0.2, 0.25) is 0 Å². The highest BCUT2D eigenvalue weighted by molar-refractivity contribution is 5.46. The van der Waals surface area contributed by atoms with Crippen molar-refractivity contribution < 1.29 is 13.5 Å². The minimum Gasteiger partial charge on any atom is -0.435 e. The number of rotatable bonds is 6. The quantitative estimate of drug-likeness (QED) is 0.477. The molecule has 0 N–H and O–H groups in total. The molecule has 154 valence electrons. The maximum atomic E-state index is 12.4. The number of benzene rings is 2. The van der Waals surface area contributed by atoms with Gasteiger partial charge in [-0.05, 0) is 96.7 Å². The first-order valence-electron chi connectivity index (χ1n) is 11.0. The molecule has 0 saturated heterocycles. The smallest absolute Gasteiger partial charge is 0.387 e. The lowest BCUT2D eigenvalue weighted by Gasteiger charge is -2.31. The van der Waals surface area contributed by atoms with Crippen LogP contribution in [-0.2, 0) is 25.7 Å². The van der Waals surface area contributed by atoms with Gasteiger partial charge in [0.25, 0.3) is 0 Å². The second kappa shape index (κ2) is 9.11. The number of ether oxygens (including phenoxy) is 1. The van der Waals surface area contributed by atoms with E-state index in [9.17, 15) is 8.78 Å². The van der Waals surface area contributed by atoms with E-state index in [1.807, 2.05) is 12.1 Å². The zero-order valence-electron chi connectivity index (χ0n) is 17.2. The molecule has 0 aromatic heterocycles. The molecule has 4 rings (SSSR count). The molecule has 1 nitrogen and oxygen atoms in total. The minimum atomic E-state index is -2.77. The van der Waals surface area contributed by atoms with Crippen molar-refractivity contribution in [1.82, 2.24) is 0 Å². The second-order valence-electron chi connectivity index (χ2n) is 8.45. The van der Waals surface area contributed by atoms with Crippen molar-refractivity contribution in [2.75, 3.05) is 0 Å². The van der Waals surface area contributed by atoms with Crippen LogP contribution < -0.4 is 4.74 Å². The van der Waals surface area contributed by atoms with Crippen molar-refractivity contribution in [2.24, 2.45) is 5.92 Å². The molecular weight excluding hydrogens is 366 g/mol. The summed E-state index contributed by atoms with van der Waals surface area (Å²) < 4.78 is 29.2. The zero-order chi connectivity index (χ0) is 20.2. The largest absolute Gasteiger partial charge is 0.435 e. The lowest BCUT2D eigenvalue weighted by Crippen LogP contribution is -2.20. The fourth-order valence-corrected chi connectivity index (χ4v) is 5.02. The number of unbranched alkanes of at least 4 members (excludes halogenated alkanes) is 1. The summed E-state index contributed by atoms with van der Waals surface area (Å²) in [6.07, 6.45) is 14.1. The van der Waals surface area contributed by atoms with Crippen LogP contribution in [0.4, 0.5) is 8.78 Å². The fraction of sp³-hybridized carbons (Fsp3) is 0.462. The molecule has 0 unspecified atom stereocenters. The second-order valence-corrected chi connectivity index (χ2v) is 8.45. The van der Waals surface area contributed by atoms with Gasteiger partial charge in [0.05, 0.1) is 0 Å². The Morgan fingerprint density at radius 1 is 0.966 bits per heavy atom. The Morgan fingerprint density at radius 3 is 2.34 bits per heavy atom. The topological polar surface area (TPSA) is 9.23 Å². The summed E-state index contributed by atoms with van der Waals surface area (Å²) in [5.41, 5.74) is 7.45. The van der Waals surface area contributed by atoms with Crippen LogP contribution in [0.2, 0.25) is 0 Å². The van der Waals surface area contributed by atoms with Gasteiger partial charge in [-0.3, -0.25) is 0 Å². The van der Waals surface area contributed by atoms with Gasteiger partial charge in [0, 0.05) is 0 Å². The predicted octanol–water partition coefficient (Wildman–Crippen LogP) is 7.02. The maximum Gasteiger partial charge on any atom is 0.387 e. The molecule has 2 atom stereocenters. The molecule has 2 aromatic rings. The third kappa shape index (κ3) is 4.71. The van der Waals surface area contributed by atoms with Gasteiger partial charge in [0.1, 0.15) is 5.75 Å². The number of halogens is 2. The van der Waals surface area contributed by atoms with Crippen LogP contribution in [0.3, 0.4) is 0 Å². The predicted molar refractivity (Wildman–Crippen MR) is 114 cm³/mol. The van der Waals surface area contributed by atoms with Gasteiger partial charge in [-0.2, -0.15) is 8.78 Å². The summed E-state index contributed by atoms with van der Waals surface area (Å²) in [5, 5.41) is 0. The molecule has 0 saturated carbocycles. The van der Waals surface area contributed by atoms with Gasteiger partial charge >= 0.3 is 6.61 Å². The van der Waals surface area contributed by atoms with Crippen LogP contribution in [0.15, 0.2) is 48.6 Å². The molecule has 3 heteroatoms. The standard InChI is InChI=1S/C26H30F2O/c1-2-3-4-5-18-6-14-24-21(16-18)7-8-22-17-20(11-15-25(22)24)19-9-12-23(13-10-19)29-26(27)28/h4-5,7-10,12-13,18,20,26H,2-3,6,11,14-17H2,1H3/t18-,20-/m0/s1. The van der Waals surface area contributed by atoms with Gasteiger partial charge in [0.15, 0.2) is 0 Å². The summed E-state index contributed by atoms with van der Waals surface area (Å²) in [7, 11) is 0. The van der Waals surface area contributed by atoms with Crippen molar-refractivity contribution in [3.63, 3.8) is 0 Å². The average Bonchev–Trinajstić information content (AvgIpc) is 2.73. The Kier molecular flexibility index (Phi) is 6.32. The first kappa shape index (κ1) is 20.1. The highest BCUT2D eigenvalue weighted by Gasteiger charge is 2.26. The Balaban J connectivity index is 1.46. The van der Waals surface area contributed by atoms with Crippen LogP contribution in [0.25, 0.3) is 0 Å². The number of hydrogen-bond donors (Lipinski definition) is 0. The third-order valence-electron chi connectivity index (χ3n) is 6.52. The molecule has 2 aliphatic rings. The van der Waals surface area contributed by atoms with E-state index in [1.54, 1.807) is 28.8 Å². The van der Waals surface area contributed by atoms with Gasteiger partial charge in [-0.1, -0.05) is 49.8 Å². The van der Waals surface area contributed by atoms with E-state index in [2.05, 4.69) is 35.9 Å². The van der Waals surface area contributed by atoms with E-state index in [1.165, 1.54) is 43.2 Å². The summed E-state index contributed by atoms with van der Waals surface area (Å²) in [6, 6.07) is 11.9. The van der Waals surface area contributed by atoms with E-state index in [0.717, 1.165) is 19.3 Å². The molecule has 0 aliphatic heterocycles. The van der Waals surface area contributed by atoms with Crippen LogP contribution in [0.5, 0.6) is 5.75 Å². The van der Waals surface area contributed by atoms with Gasteiger partial charge in [-0.25, -0.2) is 0 Å². The molecule has 29 heavy (non-hydrogen) atoms. The molecule has 2 aromatic carbocycles. The number of alkyl halides is 2. The normalized spacial score (nSPS) is 21.2. The van der Waals surface area contributed by atoms with E-state index in [-0.39, 0.29) is 5.75 Å². The fourth-order valence-electron chi connectivity index (χ4n) is 5.02. The molecule has 0 fully saturated rings. The van der Waals surface area contributed by atoms with E-state index >= 15 is 0 Å². The highest BCUT2D eigenvalue weighted by Crippen LogP contribution is 2.38. The van der Waals surface area contributed by atoms with E-state index < -0.39 is 6.61 Å². The molecule has 0 heterocycles. The summed E-state index contributed by atoms with van der Waals surface area (Å²) in [5.74, 6) is 1.38. The Hall–Kier alpha value is -2.16. The van der Waals surface area contributed by atoms with Crippen LogP contribution in [0, 0.1) is 5.92 Å². The first-order valence-corrected chi connectivity index (χ1v) is 11.0. The van der Waals surface area contributed by atoms with Crippen molar-refractivity contribution in [3.8, 4) is 5.75 Å². The average molecular weight is 397 g/mol. The lowest BCUT2D eigenvalue weighted by atomic mass is 9.74. The molecule has 2 aliphatic carbocycles. The molecule has 0 amide bonds. The number of hydrogen-bond acceptors (Lipinski definition) is 1. The molecule has 0 bridgehead atoms. The van der Waals surface area contributed by atoms with Crippen molar-refractivity contribution in [1.29, 1.82) is 0 Å². The summed E-state index contributed by atoms with van der Waals surface area (Å²) in [6.45, 7) is -0.540. The minimum absolute atomic E-state index is 0.233. The SMILES string of the molecule is CCCC=C[C@H]1CCc2c(ccc3c2CC[C@H](c2ccc(OC(F)F)cc2)C3)C1. The van der Waals surface area contributed by atoms with Crippen LogP contribution in [0.1, 0.15) is 66.3 Å². The van der Waals surface area contributed by atoms with Gasteiger partial charge in [-0.15, -0.1) is 0 Å². The lowest BCUT2D eigenvalue weighted by molar-refractivity contribution is -0.0498. The highest BCUT2D eigenvalue weighted by atomic mass is 19.3. The van der Waals surface area contributed by atoms with Crippen LogP contribution in [-0.4, -0.2) is 6.61 Å². The van der Waals surface area contributed by atoms with Crippen molar-refractivity contribution in [2.45, 2.75) is 70.8 Å². The Bertz CT molecular complexity index is 854. The zero-order valence-corrected chi connectivity index (χ0v) is 17.2. The van der Waals surface area contributed by atoms with Gasteiger partial charge < -0.3 is 4.74 Å².